The minimum atomic E-state index is -0.817. The predicted octanol–water partition coefficient (Wildman–Crippen LogP) is 3.03. The Morgan fingerprint density at radius 1 is 1.21 bits per heavy atom. The van der Waals surface area contributed by atoms with Crippen molar-refractivity contribution in [2.24, 2.45) is 0 Å². The summed E-state index contributed by atoms with van der Waals surface area (Å²) in [5, 5.41) is 18.1. The average molecular weight is 257 g/mol. The number of phenolic OH excluding ortho intramolecular Hbond substituents is 1. The molecule has 1 aromatic carbocycles. The number of carboxylic acid groups (broad SMARTS) is 1. The monoisotopic (exact) mass is 257 g/mol. The van der Waals surface area contributed by atoms with Gasteiger partial charge in [-0.05, 0) is 35.2 Å². The molecule has 4 nitrogen and oxygen atoms in total. The van der Waals surface area contributed by atoms with Crippen LogP contribution in [0.25, 0.3) is 11.1 Å². The normalized spacial score (nSPS) is 12.1. The number of hydrogen-bond donors (Lipinski definition) is 2. The molecule has 1 unspecified atom stereocenters. The summed E-state index contributed by atoms with van der Waals surface area (Å²) in [5.41, 5.74) is 2.75. The van der Waals surface area contributed by atoms with E-state index in [9.17, 15) is 9.90 Å². The zero-order valence-corrected chi connectivity index (χ0v) is 10.6. The van der Waals surface area contributed by atoms with Crippen LogP contribution in [0.4, 0.5) is 0 Å². The number of pyridine rings is 1. The van der Waals surface area contributed by atoms with Crippen molar-refractivity contribution in [1.29, 1.82) is 0 Å². The third-order valence-electron chi connectivity index (χ3n) is 3.01. The van der Waals surface area contributed by atoms with Crippen LogP contribution < -0.4 is 0 Å². The Bertz CT molecular complexity index is 578. The first kappa shape index (κ1) is 13.1. The summed E-state index contributed by atoms with van der Waals surface area (Å²) in [6.45, 7) is 1.87. The minimum absolute atomic E-state index is 0.0814. The molecular weight excluding hydrogens is 242 g/mol. The number of carboxylic acids is 1. The number of carbonyl (C=O) groups is 1. The van der Waals surface area contributed by atoms with Gasteiger partial charge in [0, 0.05) is 18.0 Å². The highest BCUT2D eigenvalue weighted by Crippen LogP contribution is 2.25. The number of rotatable bonds is 4. The summed E-state index contributed by atoms with van der Waals surface area (Å²) in [6, 6.07) is 8.77. The number of hydrogen-bond acceptors (Lipinski definition) is 3. The van der Waals surface area contributed by atoms with Crippen LogP contribution in [0.15, 0.2) is 42.7 Å². The molecule has 1 heterocycles. The number of aromatic nitrogens is 1. The van der Waals surface area contributed by atoms with Crippen LogP contribution >= 0.6 is 0 Å². The van der Waals surface area contributed by atoms with E-state index in [1.54, 1.807) is 36.7 Å². The third kappa shape index (κ3) is 3.31. The highest BCUT2D eigenvalue weighted by molar-refractivity contribution is 5.68. The zero-order chi connectivity index (χ0) is 13.8. The van der Waals surface area contributed by atoms with Crippen molar-refractivity contribution < 1.29 is 15.0 Å². The summed E-state index contributed by atoms with van der Waals surface area (Å²) in [4.78, 5) is 14.9. The highest BCUT2D eigenvalue weighted by Gasteiger charge is 2.11. The molecule has 1 aromatic heterocycles. The van der Waals surface area contributed by atoms with Gasteiger partial charge in [-0.1, -0.05) is 19.1 Å². The van der Waals surface area contributed by atoms with Gasteiger partial charge in [0.2, 0.25) is 0 Å². The summed E-state index contributed by atoms with van der Waals surface area (Å²) >= 11 is 0. The molecule has 0 saturated heterocycles. The largest absolute Gasteiger partial charge is 0.508 e. The maximum absolute atomic E-state index is 10.7. The van der Waals surface area contributed by atoms with Crippen LogP contribution in [0.3, 0.4) is 0 Å². The Morgan fingerprint density at radius 2 is 1.89 bits per heavy atom. The fourth-order valence-corrected chi connectivity index (χ4v) is 1.92. The van der Waals surface area contributed by atoms with Gasteiger partial charge in [-0.2, -0.15) is 0 Å². The van der Waals surface area contributed by atoms with Crippen molar-refractivity contribution in [3.63, 3.8) is 0 Å². The maximum Gasteiger partial charge on any atom is 0.303 e. The molecule has 0 aliphatic rings. The summed E-state index contributed by atoms with van der Waals surface area (Å²) in [7, 11) is 0. The van der Waals surface area contributed by atoms with Gasteiger partial charge in [-0.25, -0.2) is 0 Å². The van der Waals surface area contributed by atoms with Gasteiger partial charge in [0.25, 0.3) is 0 Å². The van der Waals surface area contributed by atoms with E-state index in [4.69, 9.17) is 5.11 Å². The molecule has 0 saturated carbocycles. The second-order valence-corrected chi connectivity index (χ2v) is 4.55. The minimum Gasteiger partial charge on any atom is -0.508 e. The molecule has 19 heavy (non-hydrogen) atoms. The van der Waals surface area contributed by atoms with Crippen molar-refractivity contribution in [2.45, 2.75) is 19.3 Å². The zero-order valence-electron chi connectivity index (χ0n) is 10.6. The van der Waals surface area contributed by atoms with E-state index in [-0.39, 0.29) is 18.1 Å². The smallest absolute Gasteiger partial charge is 0.303 e. The molecule has 1 atom stereocenters. The lowest BCUT2D eigenvalue weighted by molar-refractivity contribution is -0.137. The third-order valence-corrected chi connectivity index (χ3v) is 3.01. The standard InChI is InChI=1S/C15H15NO3/c1-10(6-15(18)19)12-7-13(9-16-8-12)11-2-4-14(17)5-3-11/h2-5,7-10,17H,6H2,1H3,(H,18,19). The van der Waals surface area contributed by atoms with Gasteiger partial charge in [-0.15, -0.1) is 0 Å². The number of nitrogens with zero attached hydrogens (tertiary/aromatic N) is 1. The fraction of sp³-hybridized carbons (Fsp3) is 0.200. The Hall–Kier alpha value is -2.36. The van der Waals surface area contributed by atoms with Crippen molar-refractivity contribution >= 4 is 5.97 Å². The molecule has 2 rings (SSSR count). The van der Waals surface area contributed by atoms with Crippen molar-refractivity contribution in [1.82, 2.24) is 4.98 Å². The second kappa shape index (κ2) is 5.52. The molecule has 0 bridgehead atoms. The predicted molar refractivity (Wildman–Crippen MR) is 72.0 cm³/mol. The molecule has 0 aliphatic heterocycles. The van der Waals surface area contributed by atoms with E-state index in [1.807, 2.05) is 13.0 Å². The van der Waals surface area contributed by atoms with E-state index in [1.165, 1.54) is 0 Å². The Kier molecular flexibility index (Phi) is 3.80. The van der Waals surface area contributed by atoms with Crippen LogP contribution in [-0.4, -0.2) is 21.2 Å². The molecule has 0 radical (unpaired) electrons. The fourth-order valence-electron chi connectivity index (χ4n) is 1.92. The molecule has 0 spiro atoms. The first-order valence-electron chi connectivity index (χ1n) is 6.02. The maximum atomic E-state index is 10.7. The van der Waals surface area contributed by atoms with Crippen LogP contribution in [0.1, 0.15) is 24.8 Å². The van der Waals surface area contributed by atoms with Crippen LogP contribution in [0.5, 0.6) is 5.75 Å². The molecule has 0 aliphatic carbocycles. The van der Waals surface area contributed by atoms with Gasteiger partial charge in [0.1, 0.15) is 5.75 Å². The van der Waals surface area contributed by atoms with E-state index < -0.39 is 5.97 Å². The number of benzene rings is 1. The molecule has 0 fully saturated rings. The first-order chi connectivity index (χ1) is 9.06. The molecular formula is C15H15NO3. The molecule has 98 valence electrons. The molecule has 0 amide bonds. The Balaban J connectivity index is 2.28. The summed E-state index contributed by atoms with van der Waals surface area (Å²) < 4.78 is 0. The van der Waals surface area contributed by atoms with Crippen molar-refractivity contribution in [3.05, 3.63) is 48.3 Å². The quantitative estimate of drug-likeness (QED) is 0.883. The van der Waals surface area contributed by atoms with Crippen LogP contribution in [-0.2, 0) is 4.79 Å². The number of aromatic hydroxyl groups is 1. The second-order valence-electron chi connectivity index (χ2n) is 4.55. The molecule has 2 aromatic rings. The highest BCUT2D eigenvalue weighted by atomic mass is 16.4. The van der Waals surface area contributed by atoms with Crippen LogP contribution in [0, 0.1) is 0 Å². The average Bonchev–Trinajstić information content (AvgIpc) is 2.39. The van der Waals surface area contributed by atoms with Gasteiger partial charge in [-0.3, -0.25) is 9.78 Å². The first-order valence-corrected chi connectivity index (χ1v) is 6.02. The Morgan fingerprint density at radius 3 is 2.53 bits per heavy atom. The van der Waals surface area contributed by atoms with Gasteiger partial charge < -0.3 is 10.2 Å². The van der Waals surface area contributed by atoms with E-state index in [0.29, 0.717) is 0 Å². The molecule has 4 heteroatoms. The summed E-state index contributed by atoms with van der Waals surface area (Å²) in [5.74, 6) is -0.684. The SMILES string of the molecule is CC(CC(=O)O)c1cncc(-c2ccc(O)cc2)c1. The van der Waals surface area contributed by atoms with Crippen LogP contribution in [0.2, 0.25) is 0 Å². The van der Waals surface area contributed by atoms with Gasteiger partial charge >= 0.3 is 5.97 Å². The van der Waals surface area contributed by atoms with Crippen molar-refractivity contribution in [2.75, 3.05) is 0 Å². The Labute approximate surface area is 111 Å². The lowest BCUT2D eigenvalue weighted by atomic mass is 9.96. The number of aliphatic carboxylic acids is 1. The topological polar surface area (TPSA) is 70.4 Å². The van der Waals surface area contributed by atoms with Gasteiger partial charge in [0.15, 0.2) is 0 Å². The van der Waals surface area contributed by atoms with Crippen molar-refractivity contribution in [3.8, 4) is 16.9 Å². The van der Waals surface area contributed by atoms with E-state index >= 15 is 0 Å². The lowest BCUT2D eigenvalue weighted by Gasteiger charge is -2.10. The van der Waals surface area contributed by atoms with E-state index in [0.717, 1.165) is 16.7 Å². The summed E-state index contributed by atoms with van der Waals surface area (Å²) in [6.07, 6.45) is 3.50. The van der Waals surface area contributed by atoms with E-state index in [2.05, 4.69) is 4.98 Å². The number of phenols is 1. The molecule has 2 N–H and O–H groups in total. The van der Waals surface area contributed by atoms with Gasteiger partial charge in [0.05, 0.1) is 6.42 Å². The lowest BCUT2D eigenvalue weighted by Crippen LogP contribution is -2.03.